The standard InChI is InChI=1S/C20H30N2O6S/c1-15-12-17-16(22-19(23)14-28-17)13-18(15)29(26,27)21-11-9-7-5-3-2-4-6-8-10-20(24)25/h12-13,21H,2-11,14H2,1H3,(H,22,23)(H,24,25). The van der Waals surface area contributed by atoms with Crippen LogP contribution in [0.15, 0.2) is 17.0 Å². The summed E-state index contributed by atoms with van der Waals surface area (Å²) in [5.41, 5.74) is 0.936. The molecule has 0 aliphatic carbocycles. The molecule has 1 heterocycles. The van der Waals surface area contributed by atoms with E-state index in [9.17, 15) is 18.0 Å². The van der Waals surface area contributed by atoms with Crippen molar-refractivity contribution in [1.29, 1.82) is 0 Å². The summed E-state index contributed by atoms with van der Waals surface area (Å²) in [6.07, 6.45) is 7.82. The van der Waals surface area contributed by atoms with E-state index in [1.54, 1.807) is 13.0 Å². The molecule has 0 fully saturated rings. The second kappa shape index (κ2) is 11.2. The van der Waals surface area contributed by atoms with Crippen molar-refractivity contribution in [1.82, 2.24) is 4.72 Å². The normalized spacial score (nSPS) is 13.5. The Labute approximate surface area is 172 Å². The number of ether oxygens (including phenoxy) is 1. The quantitative estimate of drug-likeness (QED) is 0.416. The minimum atomic E-state index is -3.66. The monoisotopic (exact) mass is 426 g/mol. The maximum atomic E-state index is 12.6. The number of hydrogen-bond acceptors (Lipinski definition) is 5. The van der Waals surface area contributed by atoms with Crippen molar-refractivity contribution >= 4 is 27.6 Å². The van der Waals surface area contributed by atoms with Crippen LogP contribution in [-0.4, -0.2) is 38.6 Å². The lowest BCUT2D eigenvalue weighted by molar-refractivity contribution is -0.137. The van der Waals surface area contributed by atoms with Crippen molar-refractivity contribution in [2.24, 2.45) is 0 Å². The summed E-state index contributed by atoms with van der Waals surface area (Å²) in [5.74, 6) is -0.570. The first-order valence-electron chi connectivity index (χ1n) is 10.1. The molecular formula is C20H30N2O6S. The Balaban J connectivity index is 1.68. The zero-order chi connectivity index (χ0) is 21.3. The smallest absolute Gasteiger partial charge is 0.303 e. The van der Waals surface area contributed by atoms with E-state index >= 15 is 0 Å². The van der Waals surface area contributed by atoms with Gasteiger partial charge >= 0.3 is 5.97 Å². The highest BCUT2D eigenvalue weighted by atomic mass is 32.2. The van der Waals surface area contributed by atoms with Crippen LogP contribution in [0.5, 0.6) is 5.75 Å². The third kappa shape index (κ3) is 7.66. The van der Waals surface area contributed by atoms with Crippen LogP contribution in [0.3, 0.4) is 0 Å². The number of carbonyl (C=O) groups excluding carboxylic acids is 1. The van der Waals surface area contributed by atoms with Crippen LogP contribution in [0.25, 0.3) is 0 Å². The summed E-state index contributed by atoms with van der Waals surface area (Å²) >= 11 is 0. The molecule has 1 aromatic rings. The van der Waals surface area contributed by atoms with Gasteiger partial charge in [0.15, 0.2) is 6.61 Å². The van der Waals surface area contributed by atoms with Crippen molar-refractivity contribution in [2.45, 2.75) is 69.6 Å². The van der Waals surface area contributed by atoms with E-state index < -0.39 is 16.0 Å². The molecule has 0 radical (unpaired) electrons. The van der Waals surface area contributed by atoms with E-state index in [1.165, 1.54) is 6.07 Å². The third-order valence-electron chi connectivity index (χ3n) is 4.81. The largest absolute Gasteiger partial charge is 0.482 e. The molecule has 0 unspecified atom stereocenters. The summed E-state index contributed by atoms with van der Waals surface area (Å²) in [6, 6.07) is 3.06. The number of aryl methyl sites for hydroxylation is 1. The number of aliphatic carboxylic acids is 1. The number of rotatable bonds is 13. The minimum absolute atomic E-state index is 0.0703. The molecule has 2 rings (SSSR count). The maximum Gasteiger partial charge on any atom is 0.303 e. The van der Waals surface area contributed by atoms with Crippen LogP contribution in [0, 0.1) is 6.92 Å². The molecule has 0 spiro atoms. The Kier molecular flexibility index (Phi) is 8.91. The van der Waals surface area contributed by atoms with Crippen molar-refractivity contribution in [3.8, 4) is 5.75 Å². The molecule has 9 heteroatoms. The van der Waals surface area contributed by atoms with E-state index in [0.29, 0.717) is 23.5 Å². The number of carboxylic acids is 1. The van der Waals surface area contributed by atoms with Gasteiger partial charge in [-0.25, -0.2) is 13.1 Å². The number of benzene rings is 1. The van der Waals surface area contributed by atoms with Crippen LogP contribution in [0.2, 0.25) is 0 Å². The summed E-state index contributed by atoms with van der Waals surface area (Å²) in [5, 5.41) is 11.2. The van der Waals surface area contributed by atoms with E-state index in [1.807, 2.05) is 0 Å². The topological polar surface area (TPSA) is 122 Å². The van der Waals surface area contributed by atoms with Gasteiger partial charge < -0.3 is 15.2 Å². The van der Waals surface area contributed by atoms with Gasteiger partial charge in [0, 0.05) is 13.0 Å². The fraction of sp³-hybridized carbons (Fsp3) is 0.600. The van der Waals surface area contributed by atoms with Crippen molar-refractivity contribution in [2.75, 3.05) is 18.5 Å². The Hall–Kier alpha value is -2.13. The number of hydrogen-bond donors (Lipinski definition) is 3. The van der Waals surface area contributed by atoms with Gasteiger partial charge in [-0.3, -0.25) is 9.59 Å². The Morgan fingerprint density at radius 2 is 1.72 bits per heavy atom. The van der Waals surface area contributed by atoms with Crippen LogP contribution >= 0.6 is 0 Å². The van der Waals surface area contributed by atoms with E-state index in [0.717, 1.165) is 51.4 Å². The zero-order valence-corrected chi connectivity index (χ0v) is 17.6. The number of amides is 1. The number of sulfonamides is 1. The Morgan fingerprint density at radius 1 is 1.10 bits per heavy atom. The lowest BCUT2D eigenvalue weighted by Gasteiger charge is -2.20. The summed E-state index contributed by atoms with van der Waals surface area (Å²) in [7, 11) is -3.66. The average Bonchev–Trinajstić information content (AvgIpc) is 2.65. The van der Waals surface area contributed by atoms with Gasteiger partial charge in [-0.2, -0.15) is 0 Å². The molecule has 0 atom stereocenters. The van der Waals surface area contributed by atoms with Crippen LogP contribution in [-0.2, 0) is 19.6 Å². The number of carboxylic acid groups (broad SMARTS) is 1. The number of carbonyl (C=O) groups is 2. The van der Waals surface area contributed by atoms with Crippen molar-refractivity contribution < 1.29 is 27.9 Å². The second-order valence-corrected chi connectivity index (χ2v) is 9.06. The lowest BCUT2D eigenvalue weighted by atomic mass is 10.1. The number of nitrogens with one attached hydrogen (secondary N) is 2. The molecule has 8 nitrogen and oxygen atoms in total. The minimum Gasteiger partial charge on any atom is -0.482 e. The summed E-state index contributed by atoms with van der Waals surface area (Å²) in [6.45, 7) is 1.99. The maximum absolute atomic E-state index is 12.6. The van der Waals surface area contributed by atoms with Gasteiger partial charge in [0.1, 0.15) is 5.75 Å². The first kappa shape index (κ1) is 23.2. The molecule has 0 saturated heterocycles. The molecule has 1 amide bonds. The Bertz CT molecular complexity index is 823. The van der Waals surface area contributed by atoms with Gasteiger partial charge in [0.25, 0.3) is 5.91 Å². The van der Waals surface area contributed by atoms with Crippen LogP contribution in [0.4, 0.5) is 5.69 Å². The van der Waals surface area contributed by atoms with E-state index in [-0.39, 0.29) is 23.8 Å². The van der Waals surface area contributed by atoms with Gasteiger partial charge in [-0.15, -0.1) is 0 Å². The molecule has 29 heavy (non-hydrogen) atoms. The number of fused-ring (bicyclic) bond motifs is 1. The molecule has 1 aromatic carbocycles. The summed E-state index contributed by atoms with van der Waals surface area (Å²) < 4.78 is 33.1. The van der Waals surface area contributed by atoms with Crippen molar-refractivity contribution in [3.05, 3.63) is 17.7 Å². The van der Waals surface area contributed by atoms with Crippen LogP contribution in [0.1, 0.15) is 63.4 Å². The predicted octanol–water partition coefficient (Wildman–Crippen LogP) is 3.20. The molecular weight excluding hydrogens is 396 g/mol. The third-order valence-corrected chi connectivity index (χ3v) is 6.41. The molecule has 1 aliphatic heterocycles. The first-order valence-corrected chi connectivity index (χ1v) is 11.6. The molecule has 162 valence electrons. The van der Waals surface area contributed by atoms with Gasteiger partial charge in [0.2, 0.25) is 10.0 Å². The highest BCUT2D eigenvalue weighted by molar-refractivity contribution is 7.89. The SMILES string of the molecule is Cc1cc2c(cc1S(=O)(=O)NCCCCCCCCCCC(=O)O)NC(=O)CO2. The summed E-state index contributed by atoms with van der Waals surface area (Å²) in [4.78, 5) is 22.0. The highest BCUT2D eigenvalue weighted by Crippen LogP contribution is 2.32. The fourth-order valence-electron chi connectivity index (χ4n) is 3.24. The first-order chi connectivity index (χ1) is 13.8. The lowest BCUT2D eigenvalue weighted by Crippen LogP contribution is -2.28. The highest BCUT2D eigenvalue weighted by Gasteiger charge is 2.23. The molecule has 3 N–H and O–H groups in total. The number of anilines is 1. The van der Waals surface area contributed by atoms with Crippen LogP contribution < -0.4 is 14.8 Å². The molecule has 0 bridgehead atoms. The van der Waals surface area contributed by atoms with E-state index in [4.69, 9.17) is 9.84 Å². The van der Waals surface area contributed by atoms with Gasteiger partial charge in [-0.05, 0) is 37.5 Å². The molecule has 1 aliphatic rings. The zero-order valence-electron chi connectivity index (χ0n) is 16.8. The predicted molar refractivity (Wildman–Crippen MR) is 110 cm³/mol. The van der Waals surface area contributed by atoms with Crippen molar-refractivity contribution in [3.63, 3.8) is 0 Å². The number of unbranched alkanes of at least 4 members (excludes halogenated alkanes) is 7. The van der Waals surface area contributed by atoms with Gasteiger partial charge in [-0.1, -0.05) is 38.5 Å². The fourth-order valence-corrected chi connectivity index (χ4v) is 4.57. The van der Waals surface area contributed by atoms with E-state index in [2.05, 4.69) is 10.0 Å². The van der Waals surface area contributed by atoms with Gasteiger partial charge in [0.05, 0.1) is 10.6 Å². The molecule has 0 aromatic heterocycles. The Morgan fingerprint density at radius 3 is 2.38 bits per heavy atom. The average molecular weight is 427 g/mol. The second-order valence-electron chi connectivity index (χ2n) is 7.32. The molecule has 0 saturated carbocycles.